The summed E-state index contributed by atoms with van der Waals surface area (Å²) in [6, 6.07) is 30.3. The number of aromatic hydroxyl groups is 2. The van der Waals surface area contributed by atoms with Gasteiger partial charge in [-0.05, 0) is 101 Å². The zero-order chi connectivity index (χ0) is 47.4. The second-order valence-electron chi connectivity index (χ2n) is 16.3. The number of aliphatic imine (C=N–C) groups is 2. The van der Waals surface area contributed by atoms with Gasteiger partial charge in [-0.2, -0.15) is 10.5 Å². The number of hydrogen-bond acceptors (Lipinski definition) is 10. The third kappa shape index (κ3) is 12.8. The number of methoxy groups -OCH3 is 2. The summed E-state index contributed by atoms with van der Waals surface area (Å²) in [5, 5.41) is 56.3. The maximum Gasteiger partial charge on any atom is 0.258 e. The van der Waals surface area contributed by atoms with E-state index < -0.39 is 0 Å². The normalized spacial score (nSPS) is 20.4. The minimum absolute atomic E-state index is 0.110. The minimum atomic E-state index is -0.365. The van der Waals surface area contributed by atoms with Crippen LogP contribution in [0.25, 0.3) is 0 Å². The highest BCUT2D eigenvalue weighted by Crippen LogP contribution is 2.41. The van der Waals surface area contributed by atoms with Gasteiger partial charge in [0.2, 0.25) is 11.9 Å². The van der Waals surface area contributed by atoms with Crippen LogP contribution in [0.3, 0.4) is 0 Å². The molecule has 0 heterocycles. The molecule has 0 spiro atoms. The summed E-state index contributed by atoms with van der Waals surface area (Å²) in [7, 11) is 2.95. The van der Waals surface area contributed by atoms with Gasteiger partial charge in [-0.3, -0.25) is 30.2 Å². The van der Waals surface area contributed by atoms with Crippen LogP contribution in [0.5, 0.6) is 23.0 Å². The van der Waals surface area contributed by atoms with Crippen molar-refractivity contribution in [2.45, 2.75) is 88.1 Å². The molecule has 8 N–H and O–H groups in total. The monoisotopic (exact) mass is 898 g/mol. The summed E-state index contributed by atoms with van der Waals surface area (Å²) in [4.78, 5) is 34.6. The van der Waals surface area contributed by atoms with E-state index >= 15 is 0 Å². The van der Waals surface area contributed by atoms with Crippen molar-refractivity contribution in [1.82, 2.24) is 31.9 Å². The largest absolute Gasteiger partial charge is 0.507 e. The van der Waals surface area contributed by atoms with Gasteiger partial charge in [0.1, 0.15) is 34.1 Å². The molecular weight excluding hydrogens is 837 g/mol. The number of nitrogens with one attached hydrogen (secondary N) is 6. The number of amides is 2. The zero-order valence-corrected chi connectivity index (χ0v) is 38.2. The number of rotatable bonds is 14. The average Bonchev–Trinajstić information content (AvgIpc) is 3.34. The molecule has 16 nitrogen and oxygen atoms in total. The summed E-state index contributed by atoms with van der Waals surface area (Å²) >= 11 is 0. The number of carbonyl (C=O) groups is 2. The molecular formula is C50H62N10O6. The van der Waals surface area contributed by atoms with E-state index in [9.17, 15) is 19.8 Å². The third-order valence-corrected chi connectivity index (χ3v) is 12.4. The predicted molar refractivity (Wildman–Crippen MR) is 254 cm³/mol. The van der Waals surface area contributed by atoms with Crippen molar-refractivity contribution in [3.63, 3.8) is 0 Å². The lowest BCUT2D eigenvalue weighted by molar-refractivity contribution is 0.0920. The summed E-state index contributed by atoms with van der Waals surface area (Å²) in [6.45, 7) is 5.88. The van der Waals surface area contributed by atoms with Gasteiger partial charge < -0.3 is 41.0 Å². The molecule has 4 aromatic carbocycles. The smallest absolute Gasteiger partial charge is 0.258 e. The first-order valence-corrected chi connectivity index (χ1v) is 22.4. The lowest BCUT2D eigenvalue weighted by atomic mass is 9.68. The first-order valence-electron chi connectivity index (χ1n) is 22.4. The van der Waals surface area contributed by atoms with Crippen molar-refractivity contribution in [3.8, 4) is 35.4 Å². The molecule has 2 aliphatic rings. The van der Waals surface area contributed by atoms with Gasteiger partial charge >= 0.3 is 0 Å². The molecule has 2 saturated carbocycles. The van der Waals surface area contributed by atoms with Crippen molar-refractivity contribution in [2.24, 2.45) is 9.98 Å². The maximum atomic E-state index is 13.0. The van der Waals surface area contributed by atoms with Crippen molar-refractivity contribution in [2.75, 3.05) is 40.4 Å². The van der Waals surface area contributed by atoms with Crippen LogP contribution in [0.1, 0.15) is 97.1 Å². The average molecular weight is 899 g/mol. The fraction of sp³-hybridized carbons (Fsp3) is 0.400. The molecule has 0 atom stereocenters. The van der Waals surface area contributed by atoms with Crippen molar-refractivity contribution in [3.05, 3.63) is 119 Å². The summed E-state index contributed by atoms with van der Waals surface area (Å²) in [6.07, 6.45) is 10.7. The summed E-state index contributed by atoms with van der Waals surface area (Å²) < 4.78 is 10.5. The Morgan fingerprint density at radius 3 is 1.29 bits per heavy atom. The maximum absolute atomic E-state index is 13.0. The van der Waals surface area contributed by atoms with Crippen LogP contribution in [-0.2, 0) is 10.8 Å². The van der Waals surface area contributed by atoms with Crippen LogP contribution in [0, 0.1) is 22.9 Å². The minimum Gasteiger partial charge on any atom is -0.507 e. The summed E-state index contributed by atoms with van der Waals surface area (Å²) in [5.41, 5.74) is 2.15. The van der Waals surface area contributed by atoms with E-state index in [2.05, 4.69) is 66.2 Å². The number of carbonyl (C=O) groups excluding carboxylic acids is 2. The zero-order valence-electron chi connectivity index (χ0n) is 38.2. The van der Waals surface area contributed by atoms with Gasteiger partial charge in [0.05, 0.1) is 14.2 Å². The van der Waals surface area contributed by atoms with Gasteiger partial charge in [0, 0.05) is 49.1 Å². The third-order valence-electron chi connectivity index (χ3n) is 12.4. The Bertz CT molecular complexity index is 2180. The quantitative estimate of drug-likeness (QED) is 0.0311. The molecule has 16 heteroatoms. The Morgan fingerprint density at radius 2 is 0.970 bits per heavy atom. The van der Waals surface area contributed by atoms with Crippen LogP contribution in [0.15, 0.2) is 107 Å². The van der Waals surface area contributed by atoms with E-state index in [0.29, 0.717) is 49.6 Å². The number of nitriles is 2. The Hall–Kier alpha value is -7.46. The highest BCUT2D eigenvalue weighted by atomic mass is 16.5. The lowest BCUT2D eigenvalue weighted by Crippen LogP contribution is -2.49. The standard InChI is InChI=1S/2C25H31N5O3/c2*1-3-27-24(29-17-26)30-19-12-14-25(15-13-19,18-8-5-4-6-9-18)16-28-23(32)22-20(31)10-7-11-21(22)33-2/h2*4-11,19,31H,3,12-16H2,1-2H3,(H,28,32)(H2,27,29,30). The fourth-order valence-electron chi connectivity index (χ4n) is 8.91. The van der Waals surface area contributed by atoms with Gasteiger partial charge in [0.15, 0.2) is 12.4 Å². The van der Waals surface area contributed by atoms with E-state index in [1.54, 1.807) is 24.3 Å². The predicted octanol–water partition coefficient (Wildman–Crippen LogP) is 6.09. The van der Waals surface area contributed by atoms with Crippen molar-refractivity contribution in [1.29, 1.82) is 10.5 Å². The number of ether oxygens (including phenoxy) is 2. The van der Waals surface area contributed by atoms with Crippen LogP contribution in [-0.4, -0.2) is 86.4 Å². The molecule has 66 heavy (non-hydrogen) atoms. The van der Waals surface area contributed by atoms with Crippen LogP contribution >= 0.6 is 0 Å². The fourth-order valence-corrected chi connectivity index (χ4v) is 8.91. The number of guanidine groups is 2. The van der Waals surface area contributed by atoms with Gasteiger partial charge in [-0.25, -0.2) is 0 Å². The van der Waals surface area contributed by atoms with E-state index in [1.807, 2.05) is 62.6 Å². The first-order chi connectivity index (χ1) is 32.0. The number of phenolic OH excluding ortho intramolecular Hbond substituents is 2. The van der Waals surface area contributed by atoms with Crippen molar-refractivity contribution < 1.29 is 29.3 Å². The Morgan fingerprint density at radius 1 is 0.606 bits per heavy atom. The van der Waals surface area contributed by atoms with Gasteiger partial charge in [-0.15, -0.1) is 0 Å². The molecule has 2 aliphatic carbocycles. The Kier molecular flexibility index (Phi) is 18.4. The molecule has 0 aromatic heterocycles. The van der Waals surface area contributed by atoms with Crippen molar-refractivity contribution >= 4 is 23.7 Å². The number of hydrogen-bond donors (Lipinski definition) is 8. The molecule has 4 aromatic rings. The van der Waals surface area contributed by atoms with Gasteiger partial charge in [-0.1, -0.05) is 72.8 Å². The molecule has 0 aliphatic heterocycles. The van der Waals surface area contributed by atoms with Crippen LogP contribution in [0.2, 0.25) is 0 Å². The lowest BCUT2D eigenvalue weighted by Gasteiger charge is -2.41. The molecule has 2 amide bonds. The number of benzene rings is 4. The van der Waals surface area contributed by atoms with E-state index in [-0.39, 0.29) is 57.4 Å². The summed E-state index contributed by atoms with van der Waals surface area (Å²) in [5.74, 6) is 0.716. The molecule has 6 rings (SSSR count). The molecule has 0 bridgehead atoms. The van der Waals surface area contributed by atoms with E-state index in [0.717, 1.165) is 51.4 Å². The SMILES string of the molecule is CCN=C(NC#N)NC1CCC(CNC(=O)c2c(O)cccc2OC)(c2ccccc2)CC1.CCN=C(NC#N)NC1CCC(CNC(=O)c2c(O)cccc2OC)(c2ccccc2)CC1. The number of phenols is 2. The number of nitrogens with zero attached hydrogens (tertiary/aromatic N) is 4. The van der Waals surface area contributed by atoms with E-state index in [4.69, 9.17) is 20.0 Å². The highest BCUT2D eigenvalue weighted by molar-refractivity contribution is 6.00. The van der Waals surface area contributed by atoms with E-state index in [1.165, 1.54) is 37.5 Å². The highest BCUT2D eigenvalue weighted by Gasteiger charge is 2.39. The molecule has 348 valence electrons. The molecule has 0 saturated heterocycles. The van der Waals surface area contributed by atoms with Gasteiger partial charge in [0.25, 0.3) is 11.8 Å². The second-order valence-corrected chi connectivity index (χ2v) is 16.3. The topological polar surface area (TPSA) is 238 Å². The van der Waals surface area contributed by atoms with Crippen LogP contribution < -0.4 is 41.4 Å². The molecule has 2 fully saturated rings. The van der Waals surface area contributed by atoms with Crippen LogP contribution in [0.4, 0.5) is 0 Å². The Balaban J connectivity index is 0.000000247. The Labute approximate surface area is 387 Å². The second kappa shape index (κ2) is 24.6. The molecule has 0 unspecified atom stereocenters. The first kappa shape index (κ1) is 49.6. The molecule has 0 radical (unpaired) electrons.